The van der Waals surface area contributed by atoms with Gasteiger partial charge in [-0.2, -0.15) is 0 Å². The van der Waals surface area contributed by atoms with Gasteiger partial charge in [0.25, 0.3) is 0 Å². The second-order valence-electron chi connectivity index (χ2n) is 6.76. The van der Waals surface area contributed by atoms with Crippen LogP contribution in [0.15, 0.2) is 71.6 Å². The van der Waals surface area contributed by atoms with E-state index in [2.05, 4.69) is 0 Å². The minimum atomic E-state index is -1.40. The summed E-state index contributed by atoms with van der Waals surface area (Å²) in [5.74, 6) is 1.85. The van der Waals surface area contributed by atoms with Gasteiger partial charge in [0.15, 0.2) is 6.10 Å². The smallest absolute Gasteiger partial charge is 0.336 e. The molecule has 2 atom stereocenters. The molecule has 168 valence electrons. The van der Waals surface area contributed by atoms with Gasteiger partial charge in [-0.3, -0.25) is 0 Å². The minimum Gasteiger partial charge on any atom is -0.497 e. The Morgan fingerprint density at radius 1 is 0.844 bits per heavy atom. The molecule has 0 aliphatic rings. The topological polar surface area (TPSA) is 100 Å². The number of carbonyl (C=O) groups excluding carboxylic acids is 1. The number of rotatable bonds is 9. The van der Waals surface area contributed by atoms with Gasteiger partial charge in [0.05, 0.1) is 26.6 Å². The predicted molar refractivity (Wildman–Crippen MR) is 124 cm³/mol. The summed E-state index contributed by atoms with van der Waals surface area (Å²) >= 11 is 1.25. The summed E-state index contributed by atoms with van der Waals surface area (Å²) < 4.78 is 21.0. The van der Waals surface area contributed by atoms with Crippen LogP contribution in [-0.2, 0) is 9.53 Å². The standard InChI is InChI=1S/C24H25NO6S/c1-28-16-6-4-15(5-7-16)23(22(26)24(27)30-3)32-21-14-19(12-13-20(21)25)31-18-10-8-17(29-2)9-11-18/h4-14,22-23,26H,25H2,1-3H3/t22-,23+/m1/s1. The molecule has 0 radical (unpaired) electrons. The van der Waals surface area contributed by atoms with Crippen molar-refractivity contribution < 1.29 is 28.8 Å². The van der Waals surface area contributed by atoms with Crippen LogP contribution in [-0.4, -0.2) is 38.5 Å². The minimum absolute atomic E-state index is 0.493. The van der Waals surface area contributed by atoms with Gasteiger partial charge in [0, 0.05) is 10.6 Å². The molecule has 0 spiro atoms. The van der Waals surface area contributed by atoms with Gasteiger partial charge in [-0.15, -0.1) is 11.8 Å². The third kappa shape index (κ3) is 5.66. The summed E-state index contributed by atoms with van der Waals surface area (Å²) in [4.78, 5) is 12.8. The first-order valence-corrected chi connectivity index (χ1v) is 10.6. The Bertz CT molecular complexity index is 1040. The van der Waals surface area contributed by atoms with Crippen molar-refractivity contribution in [3.63, 3.8) is 0 Å². The number of thioether (sulfide) groups is 1. The molecule has 0 amide bonds. The van der Waals surface area contributed by atoms with Crippen molar-refractivity contribution in [3.8, 4) is 23.0 Å². The lowest BCUT2D eigenvalue weighted by atomic mass is 10.1. The fraction of sp³-hybridized carbons (Fsp3) is 0.208. The summed E-state index contributed by atoms with van der Waals surface area (Å²) in [5.41, 5.74) is 7.40. The Kier molecular flexibility index (Phi) is 7.86. The zero-order chi connectivity index (χ0) is 23.1. The molecule has 0 aliphatic carbocycles. The average molecular weight is 456 g/mol. The number of anilines is 1. The van der Waals surface area contributed by atoms with Gasteiger partial charge in [-0.1, -0.05) is 12.1 Å². The molecule has 32 heavy (non-hydrogen) atoms. The average Bonchev–Trinajstić information content (AvgIpc) is 2.84. The van der Waals surface area contributed by atoms with E-state index in [4.69, 9.17) is 24.7 Å². The van der Waals surface area contributed by atoms with Crippen molar-refractivity contribution in [3.05, 3.63) is 72.3 Å². The van der Waals surface area contributed by atoms with Crippen molar-refractivity contribution >= 4 is 23.4 Å². The molecule has 0 aromatic heterocycles. The predicted octanol–water partition coefficient (Wildman–Crippen LogP) is 4.45. The number of hydrogen-bond acceptors (Lipinski definition) is 8. The molecule has 3 N–H and O–H groups in total. The molecule has 0 saturated heterocycles. The highest BCUT2D eigenvalue weighted by Gasteiger charge is 2.30. The molecule has 0 unspecified atom stereocenters. The van der Waals surface area contributed by atoms with Crippen molar-refractivity contribution in [2.45, 2.75) is 16.2 Å². The molecule has 3 aromatic carbocycles. The fourth-order valence-corrected chi connectivity index (χ4v) is 4.14. The van der Waals surface area contributed by atoms with E-state index in [0.717, 1.165) is 11.3 Å². The van der Waals surface area contributed by atoms with Gasteiger partial charge in [0.1, 0.15) is 23.0 Å². The number of aliphatic hydroxyl groups excluding tert-OH is 1. The van der Waals surface area contributed by atoms with Crippen LogP contribution in [0.2, 0.25) is 0 Å². The Hall–Kier alpha value is -3.36. The molecule has 0 fully saturated rings. The maximum atomic E-state index is 12.1. The SMILES string of the molecule is COC(=O)[C@H](O)[C@@H](Sc1cc(Oc2ccc(OC)cc2)ccc1N)c1ccc(OC)cc1. The Labute approximate surface area is 191 Å². The van der Waals surface area contributed by atoms with Crippen LogP contribution >= 0.6 is 11.8 Å². The van der Waals surface area contributed by atoms with E-state index < -0.39 is 17.3 Å². The second-order valence-corrected chi connectivity index (χ2v) is 7.94. The Morgan fingerprint density at radius 3 is 1.94 bits per heavy atom. The van der Waals surface area contributed by atoms with Crippen molar-refractivity contribution in [2.75, 3.05) is 27.1 Å². The molecule has 3 rings (SSSR count). The summed E-state index contributed by atoms with van der Waals surface area (Å²) in [7, 11) is 4.40. The van der Waals surface area contributed by atoms with Crippen LogP contribution in [0.3, 0.4) is 0 Å². The maximum Gasteiger partial charge on any atom is 0.336 e. The van der Waals surface area contributed by atoms with Gasteiger partial charge in [0.2, 0.25) is 0 Å². The lowest BCUT2D eigenvalue weighted by molar-refractivity contribution is -0.150. The van der Waals surface area contributed by atoms with E-state index in [0.29, 0.717) is 27.8 Å². The van der Waals surface area contributed by atoms with Crippen LogP contribution in [0, 0.1) is 0 Å². The highest BCUT2D eigenvalue weighted by Crippen LogP contribution is 2.42. The van der Waals surface area contributed by atoms with E-state index in [-0.39, 0.29) is 0 Å². The Morgan fingerprint density at radius 2 is 1.38 bits per heavy atom. The number of esters is 1. The van der Waals surface area contributed by atoms with E-state index in [1.54, 1.807) is 80.9 Å². The number of nitrogen functional groups attached to an aromatic ring is 1. The van der Waals surface area contributed by atoms with Crippen LogP contribution < -0.4 is 19.9 Å². The number of aliphatic hydroxyl groups is 1. The first kappa shape index (κ1) is 23.3. The van der Waals surface area contributed by atoms with Gasteiger partial charge < -0.3 is 29.8 Å². The quantitative estimate of drug-likeness (QED) is 0.277. The van der Waals surface area contributed by atoms with Crippen LogP contribution in [0.1, 0.15) is 10.8 Å². The van der Waals surface area contributed by atoms with Crippen molar-refractivity contribution in [1.82, 2.24) is 0 Å². The highest BCUT2D eigenvalue weighted by molar-refractivity contribution is 7.99. The van der Waals surface area contributed by atoms with Crippen LogP contribution in [0.4, 0.5) is 5.69 Å². The molecule has 7 nitrogen and oxygen atoms in total. The lowest BCUT2D eigenvalue weighted by Gasteiger charge is -2.22. The van der Waals surface area contributed by atoms with Crippen molar-refractivity contribution in [2.24, 2.45) is 0 Å². The summed E-state index contributed by atoms with van der Waals surface area (Å²) in [6.45, 7) is 0. The molecule has 0 bridgehead atoms. The number of nitrogens with two attached hydrogens (primary N) is 1. The fourth-order valence-electron chi connectivity index (χ4n) is 2.95. The molecule has 0 heterocycles. The van der Waals surface area contributed by atoms with E-state index in [1.165, 1.54) is 18.9 Å². The van der Waals surface area contributed by atoms with E-state index in [9.17, 15) is 9.90 Å². The number of methoxy groups -OCH3 is 3. The first-order chi connectivity index (χ1) is 15.4. The summed E-state index contributed by atoms with van der Waals surface area (Å²) in [5, 5.41) is 9.99. The second kappa shape index (κ2) is 10.8. The van der Waals surface area contributed by atoms with Crippen LogP contribution in [0.5, 0.6) is 23.0 Å². The monoisotopic (exact) mass is 455 g/mol. The lowest BCUT2D eigenvalue weighted by Crippen LogP contribution is -2.27. The zero-order valence-electron chi connectivity index (χ0n) is 18.0. The van der Waals surface area contributed by atoms with E-state index >= 15 is 0 Å². The number of hydrogen-bond donors (Lipinski definition) is 2. The number of benzene rings is 3. The highest BCUT2D eigenvalue weighted by atomic mass is 32.2. The zero-order valence-corrected chi connectivity index (χ0v) is 18.8. The molecular weight excluding hydrogens is 430 g/mol. The normalized spacial score (nSPS) is 12.5. The number of carbonyl (C=O) groups is 1. The first-order valence-electron chi connectivity index (χ1n) is 9.73. The number of ether oxygens (including phenoxy) is 4. The maximum absolute atomic E-state index is 12.1. The molecule has 0 saturated carbocycles. The molecule has 3 aromatic rings. The third-order valence-corrected chi connectivity index (χ3v) is 6.10. The third-order valence-electron chi connectivity index (χ3n) is 4.71. The van der Waals surface area contributed by atoms with Crippen LogP contribution in [0.25, 0.3) is 0 Å². The summed E-state index contributed by atoms with van der Waals surface area (Å²) in [6.07, 6.45) is -1.40. The largest absolute Gasteiger partial charge is 0.497 e. The molecule has 8 heteroatoms. The van der Waals surface area contributed by atoms with Gasteiger partial charge in [-0.25, -0.2) is 4.79 Å². The summed E-state index contributed by atoms with van der Waals surface area (Å²) in [6, 6.07) is 19.5. The van der Waals surface area contributed by atoms with Crippen molar-refractivity contribution in [1.29, 1.82) is 0 Å². The van der Waals surface area contributed by atoms with Gasteiger partial charge in [-0.05, 0) is 60.2 Å². The molecular formula is C24H25NO6S. The molecule has 0 aliphatic heterocycles. The van der Waals surface area contributed by atoms with Gasteiger partial charge >= 0.3 is 5.97 Å². The van der Waals surface area contributed by atoms with E-state index in [1.807, 2.05) is 0 Å². The Balaban J connectivity index is 1.88.